The monoisotopic (exact) mass is 514 g/mol. The number of hydrogen-bond acceptors (Lipinski definition) is 7. The molecule has 3 amide bonds. The molecule has 0 heterocycles. The Labute approximate surface area is 212 Å². The number of allylic oxidation sites excluding steroid dienone is 1. The number of carboxylic acid groups (broad SMARTS) is 1. The second-order valence-electron chi connectivity index (χ2n) is 8.43. The van der Waals surface area contributed by atoms with Crippen LogP contribution in [0.2, 0.25) is 5.02 Å². The van der Waals surface area contributed by atoms with E-state index in [2.05, 4.69) is 10.7 Å². The van der Waals surface area contributed by atoms with Gasteiger partial charge in [-0.05, 0) is 55.7 Å². The van der Waals surface area contributed by atoms with Gasteiger partial charge in [0, 0.05) is 18.2 Å². The minimum absolute atomic E-state index is 0.0720. The summed E-state index contributed by atoms with van der Waals surface area (Å²) in [5.41, 5.74) is 9.26. The number of carbonyl (C=O) groups is 4. The Hall–Kier alpha value is -3.73. The summed E-state index contributed by atoms with van der Waals surface area (Å²) in [6, 6.07) is 8.57. The van der Waals surface area contributed by atoms with Crippen LogP contribution >= 0.6 is 11.6 Å². The number of benzene rings is 2. The molecule has 2 aromatic rings. The van der Waals surface area contributed by atoms with Crippen LogP contribution in [0.1, 0.15) is 46.0 Å². The Kier molecular flexibility index (Phi) is 8.81. The van der Waals surface area contributed by atoms with E-state index in [0.717, 1.165) is 0 Å². The molecule has 3 rings (SSSR count). The molecule has 0 saturated carbocycles. The largest absolute Gasteiger partial charge is 0.508 e. The molecule has 0 bridgehead atoms. The van der Waals surface area contributed by atoms with Crippen LogP contribution in [0.15, 0.2) is 54.6 Å². The Morgan fingerprint density at radius 3 is 2.50 bits per heavy atom. The average molecular weight is 515 g/mol. The molecule has 1 aliphatic rings. The third kappa shape index (κ3) is 6.48. The summed E-state index contributed by atoms with van der Waals surface area (Å²) in [6.07, 6.45) is 4.38. The number of imide groups is 1. The number of phenols is 1. The van der Waals surface area contributed by atoms with Crippen molar-refractivity contribution in [3.63, 3.8) is 0 Å². The van der Waals surface area contributed by atoms with Crippen molar-refractivity contribution >= 4 is 35.3 Å². The van der Waals surface area contributed by atoms with Crippen LogP contribution in [0.25, 0.3) is 0 Å². The summed E-state index contributed by atoms with van der Waals surface area (Å²) in [4.78, 5) is 50.5. The Balaban J connectivity index is 1.80. The minimum atomic E-state index is -1.27. The highest BCUT2D eigenvalue weighted by Gasteiger charge is 2.36. The van der Waals surface area contributed by atoms with Gasteiger partial charge in [0.05, 0.1) is 16.5 Å². The Morgan fingerprint density at radius 1 is 1.14 bits per heavy atom. The van der Waals surface area contributed by atoms with Gasteiger partial charge in [-0.1, -0.05) is 35.9 Å². The van der Waals surface area contributed by atoms with Gasteiger partial charge in [0.15, 0.2) is 0 Å². The quantitative estimate of drug-likeness (QED) is 0.203. The van der Waals surface area contributed by atoms with Crippen LogP contribution in [0.4, 0.5) is 0 Å². The molecule has 11 heteroatoms. The predicted molar refractivity (Wildman–Crippen MR) is 132 cm³/mol. The topological polar surface area (TPSA) is 162 Å². The van der Waals surface area contributed by atoms with E-state index in [1.54, 1.807) is 18.2 Å². The van der Waals surface area contributed by atoms with Gasteiger partial charge in [-0.2, -0.15) is 0 Å². The van der Waals surface area contributed by atoms with Gasteiger partial charge >= 0.3 is 5.97 Å². The summed E-state index contributed by atoms with van der Waals surface area (Å²) in [7, 11) is 0. The summed E-state index contributed by atoms with van der Waals surface area (Å²) in [6.45, 7) is 1.44. The van der Waals surface area contributed by atoms with Gasteiger partial charge in [-0.15, -0.1) is 0 Å². The fourth-order valence-corrected chi connectivity index (χ4v) is 3.92. The number of nitrogens with zero attached hydrogens (tertiary/aromatic N) is 1. The lowest BCUT2D eigenvalue weighted by Crippen LogP contribution is -2.57. The van der Waals surface area contributed by atoms with E-state index in [0.29, 0.717) is 23.4 Å². The number of aliphatic carboxylic acids is 1. The number of nitrogens with one attached hydrogen (secondary N) is 2. The normalized spacial score (nSPS) is 17.8. The maximum absolute atomic E-state index is 13.3. The molecule has 1 aliphatic carbocycles. The molecule has 2 unspecified atom stereocenters. The van der Waals surface area contributed by atoms with Crippen molar-refractivity contribution in [1.29, 1.82) is 0 Å². The molecule has 0 radical (unpaired) electrons. The number of phenolic OH excluding ortho intramolecular Hbond substituents is 1. The fourth-order valence-electron chi connectivity index (χ4n) is 3.66. The molecular formula is C25H27ClN4O6. The zero-order chi connectivity index (χ0) is 26.4. The molecule has 3 atom stereocenters. The first kappa shape index (κ1) is 26.9. The summed E-state index contributed by atoms with van der Waals surface area (Å²) >= 11 is 6.32. The Bertz CT molecular complexity index is 1200. The smallest absolute Gasteiger partial charge is 0.322 e. The van der Waals surface area contributed by atoms with Crippen molar-refractivity contribution in [2.24, 2.45) is 11.7 Å². The van der Waals surface area contributed by atoms with E-state index < -0.39 is 41.7 Å². The minimum Gasteiger partial charge on any atom is -0.508 e. The second kappa shape index (κ2) is 11.8. The first-order valence-electron chi connectivity index (χ1n) is 11.2. The lowest BCUT2D eigenvalue weighted by Gasteiger charge is -2.31. The number of carbonyl (C=O) groups excluding carboxylic acids is 3. The number of hydrogen-bond donors (Lipinski definition) is 5. The first-order valence-corrected chi connectivity index (χ1v) is 11.6. The molecule has 6 N–H and O–H groups in total. The average Bonchev–Trinajstić information content (AvgIpc) is 2.85. The standard InChI is InChI=1S/C25H27ClN4O6/c1-14(25(35)36)29-30(24(34)19-7-2-3-8-21(19)27)23(33)18-10-9-16(12-20(18)26)22(32)28-13-15-5-4-6-17(31)11-15/h2-6,9-12,14,19,21,29,31H,7-8,13,27H2,1H3,(H,28,32)(H,35,36)/t14-,19?,21?/m0/s1. The van der Waals surface area contributed by atoms with Crippen LogP contribution in [-0.2, 0) is 16.1 Å². The lowest BCUT2D eigenvalue weighted by atomic mass is 9.88. The summed E-state index contributed by atoms with van der Waals surface area (Å²) < 4.78 is 0. The van der Waals surface area contributed by atoms with Crippen LogP contribution in [0.3, 0.4) is 0 Å². The van der Waals surface area contributed by atoms with E-state index in [1.165, 1.54) is 37.3 Å². The number of halogens is 1. The number of amides is 3. The lowest BCUT2D eigenvalue weighted by molar-refractivity contribution is -0.143. The molecule has 0 fully saturated rings. The number of hydrazine groups is 1. The second-order valence-corrected chi connectivity index (χ2v) is 8.84. The summed E-state index contributed by atoms with van der Waals surface area (Å²) in [5, 5.41) is 22.1. The fraction of sp³-hybridized carbons (Fsp3) is 0.280. The van der Waals surface area contributed by atoms with E-state index in [9.17, 15) is 29.4 Å². The zero-order valence-corrected chi connectivity index (χ0v) is 20.2. The first-order chi connectivity index (χ1) is 17.1. The molecular weight excluding hydrogens is 488 g/mol. The van der Waals surface area contributed by atoms with Gasteiger partial charge in [0.2, 0.25) is 5.91 Å². The van der Waals surface area contributed by atoms with Gasteiger partial charge in [-0.3, -0.25) is 19.2 Å². The van der Waals surface area contributed by atoms with Crippen molar-refractivity contribution < 1.29 is 29.4 Å². The van der Waals surface area contributed by atoms with Crippen LogP contribution < -0.4 is 16.5 Å². The SMILES string of the molecule is C[C@H](NN(C(=O)c1ccc(C(=O)NCc2cccc(O)c2)cc1Cl)C(=O)C1CC=CCC1N)C(=O)O. The number of carboxylic acids is 1. The highest BCUT2D eigenvalue weighted by molar-refractivity contribution is 6.34. The van der Waals surface area contributed by atoms with Crippen LogP contribution in [0, 0.1) is 5.92 Å². The van der Waals surface area contributed by atoms with Crippen molar-refractivity contribution in [1.82, 2.24) is 15.8 Å². The molecule has 2 aromatic carbocycles. The van der Waals surface area contributed by atoms with Crippen LogP contribution in [0.5, 0.6) is 5.75 Å². The molecule has 0 aliphatic heterocycles. The van der Waals surface area contributed by atoms with Gasteiger partial charge in [0.1, 0.15) is 11.8 Å². The van der Waals surface area contributed by atoms with Crippen LogP contribution in [-0.4, -0.2) is 51.0 Å². The number of nitrogens with two attached hydrogens (primary N) is 1. The predicted octanol–water partition coefficient (Wildman–Crippen LogP) is 2.22. The van der Waals surface area contributed by atoms with Crippen molar-refractivity contribution in [3.8, 4) is 5.75 Å². The third-order valence-electron chi connectivity index (χ3n) is 5.74. The highest BCUT2D eigenvalue weighted by Crippen LogP contribution is 2.24. The molecule has 10 nitrogen and oxygen atoms in total. The van der Waals surface area contributed by atoms with E-state index in [1.807, 2.05) is 6.08 Å². The number of rotatable bonds is 8. The van der Waals surface area contributed by atoms with E-state index in [4.69, 9.17) is 17.3 Å². The van der Waals surface area contributed by atoms with Gasteiger partial charge in [-0.25, -0.2) is 10.4 Å². The maximum atomic E-state index is 13.3. The molecule has 0 aromatic heterocycles. The van der Waals surface area contributed by atoms with Gasteiger partial charge < -0.3 is 21.3 Å². The number of aromatic hydroxyl groups is 1. The van der Waals surface area contributed by atoms with E-state index >= 15 is 0 Å². The van der Waals surface area contributed by atoms with Crippen molar-refractivity contribution in [2.45, 2.75) is 38.4 Å². The summed E-state index contributed by atoms with van der Waals surface area (Å²) in [5.74, 6) is -3.93. The van der Waals surface area contributed by atoms with E-state index in [-0.39, 0.29) is 28.4 Å². The third-order valence-corrected chi connectivity index (χ3v) is 6.05. The molecule has 190 valence electrons. The highest BCUT2D eigenvalue weighted by atomic mass is 35.5. The molecule has 0 spiro atoms. The van der Waals surface area contributed by atoms with Crippen molar-refractivity contribution in [2.75, 3.05) is 0 Å². The maximum Gasteiger partial charge on any atom is 0.322 e. The van der Waals surface area contributed by atoms with Crippen molar-refractivity contribution in [3.05, 3.63) is 76.3 Å². The zero-order valence-electron chi connectivity index (χ0n) is 19.5. The van der Waals surface area contributed by atoms with Gasteiger partial charge in [0.25, 0.3) is 11.8 Å². The molecule has 0 saturated heterocycles. The molecule has 36 heavy (non-hydrogen) atoms. The Morgan fingerprint density at radius 2 is 1.86 bits per heavy atom.